The summed E-state index contributed by atoms with van der Waals surface area (Å²) in [6.45, 7) is 9.64. The Bertz CT molecular complexity index is 554. The minimum Gasteiger partial charge on any atom is -0.342 e. The van der Waals surface area contributed by atoms with Gasteiger partial charge < -0.3 is 10.2 Å². The minimum atomic E-state index is 0. The van der Waals surface area contributed by atoms with Crippen molar-refractivity contribution in [3.05, 3.63) is 35.9 Å². The number of piperidine rings is 2. The van der Waals surface area contributed by atoms with Crippen molar-refractivity contribution in [1.29, 1.82) is 0 Å². The van der Waals surface area contributed by atoms with Crippen molar-refractivity contribution < 1.29 is 4.79 Å². The molecule has 4 nitrogen and oxygen atoms in total. The molecule has 2 saturated heterocycles. The van der Waals surface area contributed by atoms with Gasteiger partial charge in [0.15, 0.2) is 0 Å². The largest absolute Gasteiger partial charge is 0.342 e. The van der Waals surface area contributed by atoms with Crippen molar-refractivity contribution in [2.24, 2.45) is 17.8 Å². The van der Waals surface area contributed by atoms with E-state index < -0.39 is 0 Å². The second-order valence-electron chi connectivity index (χ2n) is 8.12. The van der Waals surface area contributed by atoms with Gasteiger partial charge in [-0.05, 0) is 36.8 Å². The summed E-state index contributed by atoms with van der Waals surface area (Å²) in [5, 5.41) is 3.37. The SMILES string of the molecule is CC1CN(Cc2ccccc2)CC(C)C1N(C)C(=O)C1CCCNC1.Cl.Cl. The zero-order valence-corrected chi connectivity index (χ0v) is 18.4. The van der Waals surface area contributed by atoms with E-state index in [1.807, 2.05) is 7.05 Å². The first-order valence-electron chi connectivity index (χ1n) is 9.80. The quantitative estimate of drug-likeness (QED) is 0.817. The standard InChI is InChI=1S/C21H33N3O.2ClH/c1-16-13-24(15-18-8-5-4-6-9-18)14-17(2)20(16)23(3)21(25)19-10-7-11-22-12-19;;/h4-6,8-9,16-17,19-20,22H,7,10-15H2,1-3H3;2*1H. The van der Waals surface area contributed by atoms with E-state index in [4.69, 9.17) is 0 Å². The van der Waals surface area contributed by atoms with Crippen LogP contribution in [0.2, 0.25) is 0 Å². The molecule has 0 bridgehead atoms. The van der Waals surface area contributed by atoms with Crippen LogP contribution in [-0.4, -0.2) is 55.0 Å². The summed E-state index contributed by atoms with van der Waals surface area (Å²) in [4.78, 5) is 17.6. The molecule has 27 heavy (non-hydrogen) atoms. The summed E-state index contributed by atoms with van der Waals surface area (Å²) in [5.41, 5.74) is 1.37. The highest BCUT2D eigenvalue weighted by molar-refractivity contribution is 5.85. The molecular formula is C21H35Cl2N3O. The fraction of sp³-hybridized carbons (Fsp3) is 0.667. The normalized spacial score (nSPS) is 28.6. The van der Waals surface area contributed by atoms with E-state index in [0.29, 0.717) is 23.8 Å². The average molecular weight is 416 g/mol. The van der Waals surface area contributed by atoms with E-state index >= 15 is 0 Å². The molecular weight excluding hydrogens is 381 g/mol. The number of carbonyl (C=O) groups excluding carboxylic acids is 1. The lowest BCUT2D eigenvalue weighted by molar-refractivity contribution is -0.140. The van der Waals surface area contributed by atoms with Gasteiger partial charge in [-0.2, -0.15) is 0 Å². The van der Waals surface area contributed by atoms with Crippen LogP contribution >= 0.6 is 24.8 Å². The molecule has 0 aromatic heterocycles. The molecule has 2 heterocycles. The molecule has 1 N–H and O–H groups in total. The fourth-order valence-corrected chi connectivity index (χ4v) is 4.90. The summed E-state index contributed by atoms with van der Waals surface area (Å²) in [6.07, 6.45) is 2.15. The maximum atomic E-state index is 12.9. The van der Waals surface area contributed by atoms with Crippen LogP contribution in [0, 0.1) is 17.8 Å². The highest BCUT2D eigenvalue weighted by atomic mass is 35.5. The highest BCUT2D eigenvalue weighted by Gasteiger charge is 2.38. The summed E-state index contributed by atoms with van der Waals surface area (Å²) in [7, 11) is 2.03. The van der Waals surface area contributed by atoms with Crippen molar-refractivity contribution in [2.75, 3.05) is 33.2 Å². The molecule has 154 valence electrons. The van der Waals surface area contributed by atoms with E-state index in [-0.39, 0.29) is 30.7 Å². The Labute approximate surface area is 176 Å². The van der Waals surface area contributed by atoms with Gasteiger partial charge in [-0.15, -0.1) is 24.8 Å². The maximum absolute atomic E-state index is 12.9. The maximum Gasteiger partial charge on any atom is 0.226 e. The molecule has 3 unspecified atom stereocenters. The lowest BCUT2D eigenvalue weighted by Crippen LogP contribution is -2.56. The van der Waals surface area contributed by atoms with Gasteiger partial charge >= 0.3 is 0 Å². The van der Waals surface area contributed by atoms with Crippen molar-refractivity contribution >= 4 is 30.7 Å². The zero-order chi connectivity index (χ0) is 17.8. The second kappa shape index (κ2) is 11.3. The molecule has 2 aliphatic heterocycles. The van der Waals surface area contributed by atoms with Crippen LogP contribution in [0.4, 0.5) is 0 Å². The van der Waals surface area contributed by atoms with Crippen LogP contribution < -0.4 is 5.32 Å². The predicted octanol–water partition coefficient (Wildman–Crippen LogP) is 3.44. The van der Waals surface area contributed by atoms with Gasteiger partial charge in [0.2, 0.25) is 5.91 Å². The molecule has 1 aromatic rings. The van der Waals surface area contributed by atoms with Crippen LogP contribution in [0.25, 0.3) is 0 Å². The molecule has 1 aromatic carbocycles. The molecule has 3 rings (SSSR count). The van der Waals surface area contributed by atoms with Crippen molar-refractivity contribution in [2.45, 2.75) is 39.3 Å². The number of amides is 1. The predicted molar refractivity (Wildman–Crippen MR) is 117 cm³/mol. The van der Waals surface area contributed by atoms with Crippen LogP contribution in [0.5, 0.6) is 0 Å². The zero-order valence-electron chi connectivity index (χ0n) is 16.8. The Hall–Kier alpha value is -0.810. The second-order valence-corrected chi connectivity index (χ2v) is 8.12. The Morgan fingerprint density at radius 2 is 1.78 bits per heavy atom. The molecule has 0 saturated carbocycles. The third-order valence-corrected chi connectivity index (χ3v) is 5.95. The summed E-state index contributed by atoms with van der Waals surface area (Å²) in [6, 6.07) is 11.0. The third-order valence-electron chi connectivity index (χ3n) is 5.95. The summed E-state index contributed by atoms with van der Waals surface area (Å²) in [5.74, 6) is 1.50. The molecule has 2 fully saturated rings. The van der Waals surface area contributed by atoms with Crippen LogP contribution in [0.3, 0.4) is 0 Å². The number of carbonyl (C=O) groups is 1. The number of rotatable bonds is 4. The number of benzene rings is 1. The van der Waals surface area contributed by atoms with Gasteiger partial charge in [0.05, 0.1) is 5.92 Å². The van der Waals surface area contributed by atoms with Gasteiger partial charge in [-0.1, -0.05) is 44.2 Å². The first kappa shape index (κ1) is 24.2. The van der Waals surface area contributed by atoms with E-state index in [9.17, 15) is 4.79 Å². The third kappa shape index (κ3) is 6.08. The topological polar surface area (TPSA) is 35.6 Å². The average Bonchev–Trinajstić information content (AvgIpc) is 2.62. The monoisotopic (exact) mass is 415 g/mol. The van der Waals surface area contributed by atoms with Gasteiger partial charge in [0, 0.05) is 39.3 Å². The van der Waals surface area contributed by atoms with Gasteiger partial charge in [0.25, 0.3) is 0 Å². The van der Waals surface area contributed by atoms with Crippen molar-refractivity contribution in [3.63, 3.8) is 0 Å². The smallest absolute Gasteiger partial charge is 0.226 e. The molecule has 0 aliphatic carbocycles. The molecule has 1 amide bonds. The molecule has 6 heteroatoms. The van der Waals surface area contributed by atoms with E-state index in [1.54, 1.807) is 0 Å². The van der Waals surface area contributed by atoms with Gasteiger partial charge in [-0.25, -0.2) is 0 Å². The molecule has 0 radical (unpaired) electrons. The Morgan fingerprint density at radius 3 is 2.33 bits per heavy atom. The Morgan fingerprint density at radius 1 is 1.15 bits per heavy atom. The molecule has 3 atom stereocenters. The lowest BCUT2D eigenvalue weighted by atomic mass is 9.83. The van der Waals surface area contributed by atoms with E-state index in [1.165, 1.54) is 5.56 Å². The van der Waals surface area contributed by atoms with Crippen LogP contribution in [0.1, 0.15) is 32.3 Å². The number of hydrogen-bond acceptors (Lipinski definition) is 3. The fourth-order valence-electron chi connectivity index (χ4n) is 4.90. The van der Waals surface area contributed by atoms with Crippen molar-refractivity contribution in [3.8, 4) is 0 Å². The van der Waals surface area contributed by atoms with Crippen molar-refractivity contribution in [1.82, 2.24) is 15.1 Å². The molecule has 2 aliphatic rings. The lowest BCUT2D eigenvalue weighted by Gasteiger charge is -2.46. The minimum absolute atomic E-state index is 0. The highest BCUT2D eigenvalue weighted by Crippen LogP contribution is 2.28. The first-order chi connectivity index (χ1) is 12.1. The number of hydrogen-bond donors (Lipinski definition) is 1. The summed E-state index contributed by atoms with van der Waals surface area (Å²) >= 11 is 0. The van der Waals surface area contributed by atoms with Crippen LogP contribution in [0.15, 0.2) is 30.3 Å². The number of nitrogens with one attached hydrogen (secondary N) is 1. The van der Waals surface area contributed by atoms with Gasteiger partial charge in [0.1, 0.15) is 0 Å². The van der Waals surface area contributed by atoms with Crippen LogP contribution in [-0.2, 0) is 11.3 Å². The molecule has 0 spiro atoms. The Kier molecular flexibility index (Phi) is 10.1. The number of nitrogens with zero attached hydrogens (tertiary/aromatic N) is 2. The van der Waals surface area contributed by atoms with E-state index in [0.717, 1.165) is 45.6 Å². The summed E-state index contributed by atoms with van der Waals surface area (Å²) < 4.78 is 0. The van der Waals surface area contributed by atoms with E-state index in [2.05, 4.69) is 59.3 Å². The number of likely N-dealkylation sites (tertiary alicyclic amines) is 1. The first-order valence-corrected chi connectivity index (χ1v) is 9.80. The Balaban J connectivity index is 0.00000182. The number of halogens is 2. The van der Waals surface area contributed by atoms with Gasteiger partial charge in [-0.3, -0.25) is 9.69 Å².